The van der Waals surface area contributed by atoms with E-state index in [0.29, 0.717) is 37.6 Å². The van der Waals surface area contributed by atoms with Crippen LogP contribution in [0, 0.1) is 0 Å². The van der Waals surface area contributed by atoms with E-state index in [9.17, 15) is 13.2 Å². The van der Waals surface area contributed by atoms with Gasteiger partial charge in [0, 0.05) is 19.6 Å². The summed E-state index contributed by atoms with van der Waals surface area (Å²) in [4.78, 5) is 4.50. The lowest BCUT2D eigenvalue weighted by atomic mass is 9.96. The predicted octanol–water partition coefficient (Wildman–Crippen LogP) is 4.18. The molecule has 0 saturated carbocycles. The summed E-state index contributed by atoms with van der Waals surface area (Å²) in [6, 6.07) is 5.51. The summed E-state index contributed by atoms with van der Waals surface area (Å²) >= 11 is 0. The van der Waals surface area contributed by atoms with Crippen molar-refractivity contribution in [1.82, 2.24) is 25.4 Å². The fourth-order valence-corrected chi connectivity index (χ4v) is 2.75. The molecule has 1 aromatic heterocycles. The summed E-state index contributed by atoms with van der Waals surface area (Å²) in [6.07, 6.45) is -1.98. The van der Waals surface area contributed by atoms with Crippen molar-refractivity contribution in [3.05, 3.63) is 47.5 Å². The molecule has 0 fully saturated rings. The molecule has 0 saturated heterocycles. The van der Waals surface area contributed by atoms with Gasteiger partial charge in [-0.05, 0) is 37.8 Å². The summed E-state index contributed by atoms with van der Waals surface area (Å²) in [5, 5.41) is 14.3. The molecule has 6 nitrogen and oxygen atoms in total. The fourth-order valence-electron chi connectivity index (χ4n) is 2.75. The van der Waals surface area contributed by atoms with Crippen LogP contribution in [0.25, 0.3) is 0 Å². The Labute approximate surface area is 186 Å². The highest BCUT2D eigenvalue weighted by atomic mass is 127. The van der Waals surface area contributed by atoms with E-state index in [1.807, 2.05) is 25.3 Å². The first kappa shape index (κ1) is 25.2. The predicted molar refractivity (Wildman–Crippen MR) is 118 cm³/mol. The highest BCUT2D eigenvalue weighted by Crippen LogP contribution is 2.31. The number of nitrogens with one attached hydrogen (secondary N) is 2. The monoisotopic (exact) mass is 524 g/mol. The first-order valence-electron chi connectivity index (χ1n) is 9.41. The van der Waals surface area contributed by atoms with Crippen LogP contribution in [-0.2, 0) is 19.3 Å². The topological polar surface area (TPSA) is 67.1 Å². The molecule has 1 heterocycles. The minimum absolute atomic E-state index is 0. The van der Waals surface area contributed by atoms with E-state index in [2.05, 4.69) is 25.8 Å². The van der Waals surface area contributed by atoms with Gasteiger partial charge < -0.3 is 15.2 Å². The molecular weight excluding hydrogens is 496 g/mol. The molecule has 10 heteroatoms. The van der Waals surface area contributed by atoms with Crippen molar-refractivity contribution >= 4 is 29.9 Å². The molecule has 0 aliphatic heterocycles. The molecule has 1 unspecified atom stereocenters. The number of benzene rings is 1. The summed E-state index contributed by atoms with van der Waals surface area (Å²) < 4.78 is 40.6. The third-order valence-corrected chi connectivity index (χ3v) is 4.41. The molecule has 29 heavy (non-hydrogen) atoms. The molecule has 1 atom stereocenters. The van der Waals surface area contributed by atoms with Crippen molar-refractivity contribution in [1.29, 1.82) is 0 Å². The molecule has 0 aliphatic carbocycles. The van der Waals surface area contributed by atoms with E-state index in [4.69, 9.17) is 0 Å². The molecule has 2 aromatic rings. The molecule has 0 amide bonds. The molecule has 2 N–H and O–H groups in total. The Kier molecular flexibility index (Phi) is 10.4. The number of alkyl halides is 3. The van der Waals surface area contributed by atoms with Crippen LogP contribution >= 0.6 is 24.0 Å². The Morgan fingerprint density at radius 2 is 2.00 bits per heavy atom. The number of aliphatic imine (C=N–C) groups is 1. The average Bonchev–Trinajstić information content (AvgIpc) is 3.13. The molecule has 0 spiro atoms. The molecule has 0 aliphatic rings. The van der Waals surface area contributed by atoms with Gasteiger partial charge in [0.15, 0.2) is 11.8 Å². The van der Waals surface area contributed by atoms with E-state index in [1.165, 1.54) is 12.1 Å². The standard InChI is InChI=1S/C19H27F3N6.HI/c1-4-23-18(25-12-17-27-26-13-28(17)5-2)24-10-9-14(3)15-7-6-8-16(11-15)19(20,21)22;/h6-8,11,13-14H,4-5,9-10,12H2,1-3H3,(H2,23,24,25);1H. The van der Waals surface area contributed by atoms with Gasteiger partial charge in [-0.2, -0.15) is 13.2 Å². The maximum atomic E-state index is 12.9. The molecule has 162 valence electrons. The van der Waals surface area contributed by atoms with Crippen molar-refractivity contribution < 1.29 is 13.2 Å². The summed E-state index contributed by atoms with van der Waals surface area (Å²) in [6.45, 7) is 8.36. The van der Waals surface area contributed by atoms with E-state index in [0.717, 1.165) is 18.4 Å². The number of hydrogen-bond donors (Lipinski definition) is 2. The maximum absolute atomic E-state index is 12.9. The van der Waals surface area contributed by atoms with Crippen LogP contribution in [0.3, 0.4) is 0 Å². The number of rotatable bonds is 8. The summed E-state index contributed by atoms with van der Waals surface area (Å²) in [5.74, 6) is 1.40. The zero-order valence-electron chi connectivity index (χ0n) is 16.8. The van der Waals surface area contributed by atoms with Gasteiger partial charge in [0.1, 0.15) is 12.9 Å². The van der Waals surface area contributed by atoms with Crippen LogP contribution in [0.2, 0.25) is 0 Å². The average molecular weight is 524 g/mol. The van der Waals surface area contributed by atoms with Crippen LogP contribution < -0.4 is 10.6 Å². The van der Waals surface area contributed by atoms with Crippen molar-refractivity contribution in [3.63, 3.8) is 0 Å². The first-order chi connectivity index (χ1) is 13.3. The van der Waals surface area contributed by atoms with E-state index < -0.39 is 11.7 Å². The quantitative estimate of drug-likeness (QED) is 0.309. The number of guanidine groups is 1. The molecule has 0 radical (unpaired) electrons. The lowest BCUT2D eigenvalue weighted by Crippen LogP contribution is -2.38. The van der Waals surface area contributed by atoms with E-state index >= 15 is 0 Å². The first-order valence-corrected chi connectivity index (χ1v) is 9.41. The third-order valence-electron chi connectivity index (χ3n) is 4.41. The van der Waals surface area contributed by atoms with Crippen molar-refractivity contribution in [2.24, 2.45) is 4.99 Å². The maximum Gasteiger partial charge on any atom is 0.416 e. The number of halogens is 4. The van der Waals surface area contributed by atoms with E-state index in [1.54, 1.807) is 12.4 Å². The number of nitrogens with zero attached hydrogens (tertiary/aromatic N) is 4. The van der Waals surface area contributed by atoms with Gasteiger partial charge in [-0.25, -0.2) is 4.99 Å². The van der Waals surface area contributed by atoms with Gasteiger partial charge in [0.05, 0.1) is 5.56 Å². The van der Waals surface area contributed by atoms with E-state index in [-0.39, 0.29) is 29.9 Å². The third kappa shape index (κ3) is 7.82. The second-order valence-electron chi connectivity index (χ2n) is 6.47. The molecule has 2 rings (SSSR count). The van der Waals surface area contributed by atoms with Crippen LogP contribution in [0.15, 0.2) is 35.6 Å². The minimum atomic E-state index is -4.32. The van der Waals surface area contributed by atoms with Gasteiger partial charge in [0.2, 0.25) is 0 Å². The summed E-state index contributed by atoms with van der Waals surface area (Å²) in [7, 11) is 0. The van der Waals surface area contributed by atoms with Gasteiger partial charge >= 0.3 is 6.18 Å². The minimum Gasteiger partial charge on any atom is -0.357 e. The zero-order chi connectivity index (χ0) is 20.6. The Morgan fingerprint density at radius 3 is 2.66 bits per heavy atom. The lowest BCUT2D eigenvalue weighted by molar-refractivity contribution is -0.137. The SMILES string of the molecule is CCNC(=NCc1nncn1CC)NCCC(C)c1cccc(C(F)(F)F)c1.I. The van der Waals surface area contributed by atoms with Crippen LogP contribution in [0.5, 0.6) is 0 Å². The van der Waals surface area contributed by atoms with Crippen LogP contribution in [-0.4, -0.2) is 33.8 Å². The Morgan fingerprint density at radius 1 is 1.24 bits per heavy atom. The van der Waals surface area contributed by atoms with Crippen LogP contribution in [0.4, 0.5) is 13.2 Å². The Bertz CT molecular complexity index is 775. The van der Waals surface area contributed by atoms with Crippen LogP contribution in [0.1, 0.15) is 50.1 Å². The van der Waals surface area contributed by atoms with Gasteiger partial charge in [-0.1, -0.05) is 25.1 Å². The highest BCUT2D eigenvalue weighted by molar-refractivity contribution is 14.0. The fraction of sp³-hybridized carbons (Fsp3) is 0.526. The number of hydrogen-bond acceptors (Lipinski definition) is 3. The zero-order valence-corrected chi connectivity index (χ0v) is 19.2. The highest BCUT2D eigenvalue weighted by Gasteiger charge is 2.30. The number of aromatic nitrogens is 3. The van der Waals surface area contributed by atoms with Gasteiger partial charge in [-0.15, -0.1) is 34.2 Å². The molecule has 1 aromatic carbocycles. The van der Waals surface area contributed by atoms with Crippen molar-refractivity contribution in [2.75, 3.05) is 13.1 Å². The van der Waals surface area contributed by atoms with Crippen molar-refractivity contribution in [3.8, 4) is 0 Å². The Hall–Kier alpha value is -1.85. The Balaban J connectivity index is 0.00000420. The molecule has 0 bridgehead atoms. The summed E-state index contributed by atoms with van der Waals surface area (Å²) in [5.41, 5.74) is 0.0642. The number of aryl methyl sites for hydroxylation is 1. The second kappa shape index (κ2) is 12.0. The molecular formula is C19H28F3IN6. The second-order valence-corrected chi connectivity index (χ2v) is 6.47. The smallest absolute Gasteiger partial charge is 0.357 e. The van der Waals surface area contributed by atoms with Gasteiger partial charge in [0.25, 0.3) is 0 Å². The lowest BCUT2D eigenvalue weighted by Gasteiger charge is -2.16. The van der Waals surface area contributed by atoms with Crippen molar-refractivity contribution in [2.45, 2.75) is 52.4 Å². The largest absolute Gasteiger partial charge is 0.416 e. The van der Waals surface area contributed by atoms with Gasteiger partial charge in [-0.3, -0.25) is 0 Å². The normalized spacial score (nSPS) is 13.0.